The minimum Gasteiger partial charge on any atom is -0.515 e. The minimum absolute atomic E-state index is 0.139. The van der Waals surface area contributed by atoms with Crippen molar-refractivity contribution in [3.63, 3.8) is 0 Å². The van der Waals surface area contributed by atoms with Gasteiger partial charge in [0.25, 0.3) is 0 Å². The zero-order valence-electron chi connectivity index (χ0n) is 40.7. The Morgan fingerprint density at radius 2 is 1.60 bits per heavy atom. The summed E-state index contributed by atoms with van der Waals surface area (Å²) < 4.78 is 11.0. The number of aliphatic imine (C=N–C) groups is 3. The summed E-state index contributed by atoms with van der Waals surface area (Å²) in [5, 5.41) is 14.1. The molecule has 0 radical (unpaired) electrons. The van der Waals surface area contributed by atoms with E-state index >= 15 is 0 Å². The Labute approximate surface area is 387 Å². The second-order valence-electron chi connectivity index (χ2n) is 19.4. The molecule has 5 aliphatic heterocycles. The predicted octanol–water partition coefficient (Wildman–Crippen LogP) is 12.1. The highest BCUT2D eigenvalue weighted by Crippen LogP contribution is 2.47. The molecule has 1 saturated heterocycles. The quantitative estimate of drug-likeness (QED) is 0.0537. The Morgan fingerprint density at radius 1 is 0.908 bits per heavy atom. The molecular weight excluding hydrogens is 813 g/mol. The highest BCUT2D eigenvalue weighted by Gasteiger charge is 2.52. The molecule has 0 aromatic carbocycles. The number of esters is 2. The third-order valence-electron chi connectivity index (χ3n) is 14.2. The second kappa shape index (κ2) is 21.7. The van der Waals surface area contributed by atoms with Gasteiger partial charge in [0.05, 0.1) is 47.6 Å². The Kier molecular flexibility index (Phi) is 16.4. The summed E-state index contributed by atoms with van der Waals surface area (Å²) in [7, 11) is 1.29. The maximum Gasteiger partial charge on any atom is 0.321 e. The maximum atomic E-state index is 14.4. The number of fused-ring (bicyclic) bond motifs is 5. The standard InChI is InChI=1S/C55H72N4O6/c1-12-38-35(8)42-27-43-36(9)40(23-24-48(61)65-26-25-34(7)22-16-21-33(6)20-15-19-32(5)18-14-17-31(3)4)52(58-43)50-51(55(63)64-11)54(62)49-37(10)44(59-53(49)50)28-46-39(13-2)41(30-60)47(57-46)29-45(38)56-42/h12,25,27-33,36,40,51,58,60H,1,13-24,26H2,2-11H3/b34-25-,41-30-,43-27?,44-28?,45-29?,52-50?. The van der Waals surface area contributed by atoms with Gasteiger partial charge in [-0.05, 0) is 105 Å². The Hall–Kier alpha value is -5.38. The number of ketones is 1. The predicted molar refractivity (Wildman–Crippen MR) is 262 cm³/mol. The molecule has 8 bridgehead atoms. The molecule has 0 amide bonds. The minimum atomic E-state index is -1.23. The zero-order chi connectivity index (χ0) is 47.1. The van der Waals surface area contributed by atoms with Gasteiger partial charge in [0.2, 0.25) is 0 Å². The first-order chi connectivity index (χ1) is 31.1. The number of nitrogens with zero attached hydrogens (tertiary/aromatic N) is 3. The first-order valence-electron chi connectivity index (χ1n) is 24.1. The van der Waals surface area contributed by atoms with E-state index in [2.05, 4.69) is 53.4 Å². The lowest BCUT2D eigenvalue weighted by Crippen LogP contribution is -2.26. The number of carbonyl (C=O) groups is 3. The van der Waals surface area contributed by atoms with E-state index in [1.54, 1.807) is 6.08 Å². The van der Waals surface area contributed by atoms with Crippen molar-refractivity contribution in [2.24, 2.45) is 50.5 Å². The summed E-state index contributed by atoms with van der Waals surface area (Å²) >= 11 is 0. The zero-order valence-corrected chi connectivity index (χ0v) is 40.7. The third kappa shape index (κ3) is 10.8. The van der Waals surface area contributed by atoms with E-state index in [1.165, 1.54) is 57.6 Å². The number of nitrogens with one attached hydrogen (secondary N) is 1. The first kappa shape index (κ1) is 49.1. The molecule has 2 N–H and O–H groups in total. The van der Waals surface area contributed by atoms with E-state index in [0.29, 0.717) is 81.0 Å². The van der Waals surface area contributed by atoms with Crippen molar-refractivity contribution in [1.29, 1.82) is 0 Å². The molecule has 5 atom stereocenters. The topological polar surface area (TPSA) is 139 Å². The summed E-state index contributed by atoms with van der Waals surface area (Å²) in [6.07, 6.45) is 22.9. The van der Waals surface area contributed by atoms with Crippen LogP contribution >= 0.6 is 0 Å². The van der Waals surface area contributed by atoms with Crippen molar-refractivity contribution in [1.82, 2.24) is 5.32 Å². The summed E-state index contributed by atoms with van der Waals surface area (Å²) in [4.78, 5) is 56.5. The van der Waals surface area contributed by atoms with Gasteiger partial charge in [0.15, 0.2) is 5.78 Å². The van der Waals surface area contributed by atoms with Crippen LogP contribution in [0.3, 0.4) is 0 Å². The molecule has 2 fully saturated rings. The highest BCUT2D eigenvalue weighted by atomic mass is 16.5. The average Bonchev–Trinajstić information content (AvgIpc) is 4.02. The van der Waals surface area contributed by atoms with Crippen LogP contribution in [-0.2, 0) is 23.9 Å². The van der Waals surface area contributed by atoms with Crippen LogP contribution in [0.2, 0.25) is 0 Å². The van der Waals surface area contributed by atoms with E-state index in [-0.39, 0.29) is 36.6 Å². The lowest BCUT2D eigenvalue weighted by atomic mass is 9.85. The van der Waals surface area contributed by atoms with Crippen LogP contribution in [0.25, 0.3) is 0 Å². The van der Waals surface area contributed by atoms with Crippen LogP contribution in [0.5, 0.6) is 0 Å². The Morgan fingerprint density at radius 3 is 2.25 bits per heavy atom. The molecule has 1 aliphatic carbocycles. The molecule has 65 heavy (non-hydrogen) atoms. The van der Waals surface area contributed by atoms with Gasteiger partial charge in [-0.2, -0.15) is 0 Å². The fourth-order valence-electron chi connectivity index (χ4n) is 10.1. The van der Waals surface area contributed by atoms with Gasteiger partial charge >= 0.3 is 11.9 Å². The normalized spacial score (nSPS) is 23.2. The van der Waals surface area contributed by atoms with Crippen LogP contribution < -0.4 is 5.32 Å². The van der Waals surface area contributed by atoms with Gasteiger partial charge in [0.1, 0.15) is 12.5 Å². The van der Waals surface area contributed by atoms with Crippen LogP contribution in [0.15, 0.2) is 131 Å². The number of hydrogen-bond donors (Lipinski definition) is 2. The number of ether oxygens (including phenoxy) is 2. The summed E-state index contributed by atoms with van der Waals surface area (Å²) in [5.74, 6) is -0.732. The fourth-order valence-corrected chi connectivity index (χ4v) is 10.1. The summed E-state index contributed by atoms with van der Waals surface area (Å²) in [5.41, 5.74) is 10.9. The Balaban J connectivity index is 1.21. The van der Waals surface area contributed by atoms with E-state index in [0.717, 1.165) is 53.4 Å². The van der Waals surface area contributed by atoms with E-state index in [9.17, 15) is 19.5 Å². The Bertz CT molecular complexity index is 2350. The molecule has 6 rings (SSSR count). The second-order valence-corrected chi connectivity index (χ2v) is 19.4. The third-order valence-corrected chi connectivity index (χ3v) is 14.2. The number of allylic oxidation sites excluding steroid dienone is 12. The molecule has 0 aromatic rings. The van der Waals surface area contributed by atoms with Crippen LogP contribution in [0.4, 0.5) is 0 Å². The molecule has 5 unspecified atom stereocenters. The van der Waals surface area contributed by atoms with E-state index in [4.69, 9.17) is 24.5 Å². The average molecular weight is 885 g/mol. The van der Waals surface area contributed by atoms with Gasteiger partial charge in [-0.15, -0.1) is 0 Å². The van der Waals surface area contributed by atoms with Gasteiger partial charge in [0, 0.05) is 51.9 Å². The van der Waals surface area contributed by atoms with Gasteiger partial charge in [-0.1, -0.05) is 105 Å². The number of methoxy groups -OCH3 is 1. The SMILES string of the molecule is C=CC1=C(C)C2=NC1=CC1=NC(=C(CC)/C1=C/O)C=C1N=C3C(=C1C)C(=O)C(C(=O)OC)C3=C1NC(=C2)C(C)C1CCC(=O)OC/C=C(/C)CCCC(C)CCCC(C)CCCC(C)C. The molecule has 0 aromatic heterocycles. The van der Waals surface area contributed by atoms with Gasteiger partial charge in [-0.3, -0.25) is 14.4 Å². The van der Waals surface area contributed by atoms with Crippen LogP contribution in [0.1, 0.15) is 139 Å². The number of Topliss-reactive ketones (excluding diaryl/α,β-unsaturated/α-hetero) is 1. The van der Waals surface area contributed by atoms with Crippen LogP contribution in [0, 0.1) is 35.5 Å². The van der Waals surface area contributed by atoms with Crippen molar-refractivity contribution in [2.75, 3.05) is 13.7 Å². The molecular formula is C55H72N4O6. The lowest BCUT2D eigenvalue weighted by molar-refractivity contribution is -0.146. The largest absolute Gasteiger partial charge is 0.515 e. The van der Waals surface area contributed by atoms with Gasteiger partial charge < -0.3 is 19.9 Å². The molecule has 10 heteroatoms. The highest BCUT2D eigenvalue weighted by molar-refractivity contribution is 6.42. The molecule has 348 valence electrons. The molecule has 0 spiro atoms. The van der Waals surface area contributed by atoms with Crippen molar-refractivity contribution in [2.45, 2.75) is 139 Å². The van der Waals surface area contributed by atoms with Crippen molar-refractivity contribution in [3.05, 3.63) is 116 Å². The number of rotatable bonds is 20. The first-order valence-corrected chi connectivity index (χ1v) is 24.1. The lowest BCUT2D eigenvalue weighted by Gasteiger charge is -2.19. The van der Waals surface area contributed by atoms with Crippen molar-refractivity contribution >= 4 is 34.9 Å². The van der Waals surface area contributed by atoms with Crippen LogP contribution in [-0.4, -0.2) is 53.7 Å². The molecule has 10 nitrogen and oxygen atoms in total. The number of carbonyl (C=O) groups excluding carboxylic acids is 3. The summed E-state index contributed by atoms with van der Waals surface area (Å²) in [6.45, 7) is 23.7. The van der Waals surface area contributed by atoms with Crippen molar-refractivity contribution in [3.8, 4) is 0 Å². The van der Waals surface area contributed by atoms with Gasteiger partial charge in [-0.25, -0.2) is 15.0 Å². The fraction of sp³-hybridized carbons (Fsp3) is 0.527. The number of aliphatic hydroxyl groups is 1. The molecule has 5 heterocycles. The maximum absolute atomic E-state index is 14.4. The molecule has 1 saturated carbocycles. The number of aliphatic hydroxyl groups excluding tert-OH is 1. The van der Waals surface area contributed by atoms with Crippen molar-refractivity contribution < 1.29 is 29.0 Å². The molecule has 6 aliphatic rings. The smallest absolute Gasteiger partial charge is 0.321 e. The number of hydrogen-bond acceptors (Lipinski definition) is 10. The monoisotopic (exact) mass is 885 g/mol. The summed E-state index contributed by atoms with van der Waals surface area (Å²) in [6, 6.07) is 0. The van der Waals surface area contributed by atoms with E-state index < -0.39 is 11.9 Å². The van der Waals surface area contributed by atoms with E-state index in [1.807, 2.05) is 45.1 Å².